The fraction of sp³-hybridized carbons (Fsp3) is 0.100. The zero-order valence-electron chi connectivity index (χ0n) is 13.8. The standard InChI is InChI=1S/C20H15FN2O2S/c21-15-7-4-8-16(13-15)23-19(24)18-17(10-12-26-18)22(20(23)25)11-9-14-5-2-1-3-6-14/h1-8,10,12-13H,9,11H2. The summed E-state index contributed by atoms with van der Waals surface area (Å²) in [5.74, 6) is -0.490. The third-order valence-corrected chi connectivity index (χ3v) is 5.18. The lowest BCUT2D eigenvalue weighted by Crippen LogP contribution is -2.38. The van der Waals surface area contributed by atoms with Crippen LogP contribution in [0.1, 0.15) is 5.56 Å². The number of rotatable bonds is 4. The Kier molecular flexibility index (Phi) is 4.26. The summed E-state index contributed by atoms with van der Waals surface area (Å²) < 4.78 is 16.7. The Hall–Kier alpha value is -2.99. The van der Waals surface area contributed by atoms with E-state index >= 15 is 0 Å². The van der Waals surface area contributed by atoms with Gasteiger partial charge in [0.25, 0.3) is 5.56 Å². The van der Waals surface area contributed by atoms with Gasteiger partial charge in [0.1, 0.15) is 10.5 Å². The third-order valence-electron chi connectivity index (χ3n) is 4.29. The van der Waals surface area contributed by atoms with Crippen molar-refractivity contribution in [1.29, 1.82) is 0 Å². The second kappa shape index (κ2) is 6.72. The fourth-order valence-corrected chi connectivity index (χ4v) is 3.86. The van der Waals surface area contributed by atoms with E-state index in [4.69, 9.17) is 0 Å². The second-order valence-corrected chi connectivity index (χ2v) is 6.84. The molecule has 0 unspecified atom stereocenters. The number of aromatic nitrogens is 2. The van der Waals surface area contributed by atoms with E-state index in [0.29, 0.717) is 23.2 Å². The molecule has 0 radical (unpaired) electrons. The minimum Gasteiger partial charge on any atom is -0.292 e. The quantitative estimate of drug-likeness (QED) is 0.554. The molecule has 0 aliphatic heterocycles. The Morgan fingerprint density at radius 3 is 2.54 bits per heavy atom. The van der Waals surface area contributed by atoms with Crippen LogP contribution in [0.3, 0.4) is 0 Å². The number of halogens is 1. The molecule has 26 heavy (non-hydrogen) atoms. The van der Waals surface area contributed by atoms with Gasteiger partial charge >= 0.3 is 5.69 Å². The van der Waals surface area contributed by atoms with Gasteiger partial charge in [-0.3, -0.25) is 9.36 Å². The first-order chi connectivity index (χ1) is 12.6. The molecule has 0 fully saturated rings. The SMILES string of the molecule is O=c1c2sccc2n(CCc2ccccc2)c(=O)n1-c1cccc(F)c1. The van der Waals surface area contributed by atoms with Gasteiger partial charge in [0, 0.05) is 6.54 Å². The molecule has 0 saturated heterocycles. The lowest BCUT2D eigenvalue weighted by atomic mass is 10.1. The molecule has 0 aliphatic rings. The lowest BCUT2D eigenvalue weighted by Gasteiger charge is -2.12. The summed E-state index contributed by atoms with van der Waals surface area (Å²) in [5, 5.41) is 1.79. The summed E-state index contributed by atoms with van der Waals surface area (Å²) in [5.41, 5.74) is 1.09. The van der Waals surface area contributed by atoms with Crippen molar-refractivity contribution in [3.05, 3.63) is 98.3 Å². The smallest absolute Gasteiger partial charge is 0.292 e. The summed E-state index contributed by atoms with van der Waals surface area (Å²) >= 11 is 1.28. The average molecular weight is 366 g/mol. The molecular formula is C20H15FN2O2S. The maximum absolute atomic E-state index is 13.6. The Morgan fingerprint density at radius 1 is 0.962 bits per heavy atom. The Labute approximate surface area is 152 Å². The van der Waals surface area contributed by atoms with Gasteiger partial charge in [-0.05, 0) is 41.6 Å². The second-order valence-electron chi connectivity index (χ2n) is 5.93. The molecular weight excluding hydrogens is 351 g/mol. The van der Waals surface area contributed by atoms with Crippen molar-refractivity contribution < 1.29 is 4.39 Å². The Bertz CT molecular complexity index is 1190. The van der Waals surface area contributed by atoms with Gasteiger partial charge in [-0.25, -0.2) is 13.8 Å². The molecule has 4 nitrogen and oxygen atoms in total. The first kappa shape index (κ1) is 16.5. The van der Waals surface area contributed by atoms with Gasteiger partial charge in [0.05, 0.1) is 11.2 Å². The van der Waals surface area contributed by atoms with Crippen LogP contribution in [-0.4, -0.2) is 9.13 Å². The number of hydrogen-bond acceptors (Lipinski definition) is 3. The molecule has 2 aromatic heterocycles. The summed E-state index contributed by atoms with van der Waals surface area (Å²) in [7, 11) is 0. The number of nitrogens with zero attached hydrogens (tertiary/aromatic N) is 2. The van der Waals surface area contributed by atoms with Crippen molar-refractivity contribution >= 4 is 21.6 Å². The third kappa shape index (κ3) is 2.88. The number of thiophene rings is 1. The van der Waals surface area contributed by atoms with E-state index in [0.717, 1.165) is 10.1 Å². The van der Waals surface area contributed by atoms with Crippen LogP contribution in [0.4, 0.5) is 4.39 Å². The predicted molar refractivity (Wildman–Crippen MR) is 102 cm³/mol. The molecule has 4 aromatic rings. The van der Waals surface area contributed by atoms with Gasteiger partial charge in [0.15, 0.2) is 0 Å². The van der Waals surface area contributed by atoms with Gasteiger partial charge in [-0.2, -0.15) is 0 Å². The van der Waals surface area contributed by atoms with Crippen molar-refractivity contribution in [2.45, 2.75) is 13.0 Å². The maximum Gasteiger partial charge on any atom is 0.336 e. The summed E-state index contributed by atoms with van der Waals surface area (Å²) in [6.07, 6.45) is 0.660. The van der Waals surface area contributed by atoms with E-state index < -0.39 is 17.1 Å². The molecule has 0 spiro atoms. The van der Waals surface area contributed by atoms with Gasteiger partial charge < -0.3 is 0 Å². The highest BCUT2D eigenvalue weighted by Gasteiger charge is 2.15. The monoisotopic (exact) mass is 366 g/mol. The highest BCUT2D eigenvalue weighted by atomic mass is 32.1. The number of aryl methyl sites for hydroxylation is 2. The number of benzene rings is 2. The molecule has 0 saturated carbocycles. The first-order valence-electron chi connectivity index (χ1n) is 8.18. The molecule has 6 heteroatoms. The van der Waals surface area contributed by atoms with E-state index in [9.17, 15) is 14.0 Å². The van der Waals surface area contributed by atoms with Crippen molar-refractivity contribution in [3.8, 4) is 5.69 Å². The molecule has 0 amide bonds. The van der Waals surface area contributed by atoms with Crippen molar-refractivity contribution in [2.24, 2.45) is 0 Å². The minimum atomic E-state index is -0.490. The van der Waals surface area contributed by atoms with E-state index in [1.54, 1.807) is 22.1 Å². The van der Waals surface area contributed by atoms with Crippen molar-refractivity contribution in [3.63, 3.8) is 0 Å². The van der Waals surface area contributed by atoms with E-state index in [-0.39, 0.29) is 5.69 Å². The van der Waals surface area contributed by atoms with Gasteiger partial charge in [-0.15, -0.1) is 11.3 Å². The molecule has 0 atom stereocenters. The summed E-state index contributed by atoms with van der Waals surface area (Å²) in [4.78, 5) is 25.8. The van der Waals surface area contributed by atoms with E-state index in [2.05, 4.69) is 0 Å². The lowest BCUT2D eigenvalue weighted by molar-refractivity contribution is 0.621. The highest BCUT2D eigenvalue weighted by Crippen LogP contribution is 2.17. The van der Waals surface area contributed by atoms with Crippen LogP contribution < -0.4 is 11.2 Å². The molecule has 0 aliphatic carbocycles. The van der Waals surface area contributed by atoms with Crippen LogP contribution in [0.15, 0.2) is 75.6 Å². The van der Waals surface area contributed by atoms with Crippen LogP contribution in [-0.2, 0) is 13.0 Å². The zero-order valence-corrected chi connectivity index (χ0v) is 14.6. The van der Waals surface area contributed by atoms with Gasteiger partial charge in [-0.1, -0.05) is 36.4 Å². The van der Waals surface area contributed by atoms with Crippen LogP contribution in [0.2, 0.25) is 0 Å². The predicted octanol–water partition coefficient (Wildman–Crippen LogP) is 3.60. The molecule has 0 N–H and O–H groups in total. The molecule has 2 aromatic carbocycles. The van der Waals surface area contributed by atoms with E-state index in [1.807, 2.05) is 30.3 Å². The maximum atomic E-state index is 13.6. The molecule has 0 bridgehead atoms. The number of fused-ring (bicyclic) bond motifs is 1. The van der Waals surface area contributed by atoms with Crippen LogP contribution in [0.25, 0.3) is 15.9 Å². The topological polar surface area (TPSA) is 44.0 Å². The average Bonchev–Trinajstić information content (AvgIpc) is 3.13. The van der Waals surface area contributed by atoms with Crippen LogP contribution in [0, 0.1) is 5.82 Å². The minimum absolute atomic E-state index is 0.240. The largest absolute Gasteiger partial charge is 0.336 e. The van der Waals surface area contributed by atoms with Crippen LogP contribution in [0.5, 0.6) is 0 Å². The molecule has 4 rings (SSSR count). The van der Waals surface area contributed by atoms with E-state index in [1.165, 1.54) is 29.5 Å². The summed E-state index contributed by atoms with van der Waals surface area (Å²) in [6.45, 7) is 0.436. The Balaban J connectivity index is 1.88. The van der Waals surface area contributed by atoms with Gasteiger partial charge in [0.2, 0.25) is 0 Å². The normalized spacial score (nSPS) is 11.1. The molecule has 130 valence electrons. The first-order valence-corrected chi connectivity index (χ1v) is 9.06. The highest BCUT2D eigenvalue weighted by molar-refractivity contribution is 7.17. The van der Waals surface area contributed by atoms with Crippen LogP contribution >= 0.6 is 11.3 Å². The molecule has 2 heterocycles. The zero-order chi connectivity index (χ0) is 18.1. The van der Waals surface area contributed by atoms with Crippen molar-refractivity contribution in [2.75, 3.05) is 0 Å². The Morgan fingerprint density at radius 2 is 1.77 bits per heavy atom. The summed E-state index contributed by atoms with van der Waals surface area (Å²) in [6, 6.07) is 17.2. The number of hydrogen-bond donors (Lipinski definition) is 0. The fourth-order valence-electron chi connectivity index (χ4n) is 3.03. The van der Waals surface area contributed by atoms with Crippen molar-refractivity contribution in [1.82, 2.24) is 9.13 Å².